The fourth-order valence-electron chi connectivity index (χ4n) is 8.93. The Bertz CT molecular complexity index is 3310. The summed E-state index contributed by atoms with van der Waals surface area (Å²) in [6.45, 7) is 0. The molecule has 1 aliphatic heterocycles. The van der Waals surface area contributed by atoms with Crippen molar-refractivity contribution < 1.29 is 4.74 Å². The molecule has 11 aromatic rings. The summed E-state index contributed by atoms with van der Waals surface area (Å²) >= 11 is 0. The monoisotopic (exact) mass is 674 g/mol. The first-order valence-corrected chi connectivity index (χ1v) is 18.2. The highest BCUT2D eigenvalue weighted by atomic mass is 16.5. The summed E-state index contributed by atoms with van der Waals surface area (Å²) in [5, 5.41) is 9.77. The maximum Gasteiger partial charge on any atom is 0.138 e. The molecule has 53 heavy (non-hydrogen) atoms. The molecule has 0 aliphatic carbocycles. The largest absolute Gasteiger partial charge is 0.456 e. The van der Waals surface area contributed by atoms with Gasteiger partial charge in [0.15, 0.2) is 0 Å². The van der Waals surface area contributed by atoms with Crippen molar-refractivity contribution in [3.63, 3.8) is 0 Å². The van der Waals surface area contributed by atoms with Crippen molar-refractivity contribution in [3.05, 3.63) is 182 Å². The van der Waals surface area contributed by atoms with Gasteiger partial charge in [-0.3, -0.25) is 0 Å². The van der Waals surface area contributed by atoms with Gasteiger partial charge < -0.3 is 13.9 Å². The lowest BCUT2D eigenvalue weighted by atomic mass is 9.92. The minimum absolute atomic E-state index is 0.894. The number of benzene rings is 9. The third-order valence-electron chi connectivity index (χ3n) is 11.3. The van der Waals surface area contributed by atoms with Crippen LogP contribution in [0.25, 0.3) is 98.8 Å². The molecule has 0 fully saturated rings. The average Bonchev–Trinajstić information content (AvgIpc) is 3.73. The molecule has 0 N–H and O–H groups in total. The highest BCUT2D eigenvalue weighted by Gasteiger charge is 2.25. The van der Waals surface area contributed by atoms with Crippen LogP contribution in [-0.2, 0) is 0 Å². The molecule has 0 bridgehead atoms. The van der Waals surface area contributed by atoms with E-state index in [9.17, 15) is 0 Å². The zero-order chi connectivity index (χ0) is 34.6. The van der Waals surface area contributed by atoms with E-state index in [1.807, 2.05) is 6.07 Å². The van der Waals surface area contributed by atoms with Crippen molar-refractivity contribution in [1.82, 2.24) is 9.13 Å². The maximum atomic E-state index is 6.71. The van der Waals surface area contributed by atoms with Crippen LogP contribution in [0.5, 0.6) is 11.5 Å². The summed E-state index contributed by atoms with van der Waals surface area (Å²) < 4.78 is 11.5. The van der Waals surface area contributed by atoms with Crippen LogP contribution in [0.2, 0.25) is 0 Å². The molecule has 1 aliphatic rings. The number of rotatable bonds is 3. The Balaban J connectivity index is 1.16. The average molecular weight is 675 g/mol. The van der Waals surface area contributed by atoms with E-state index in [4.69, 9.17) is 4.74 Å². The molecule has 3 heterocycles. The van der Waals surface area contributed by atoms with Gasteiger partial charge in [-0.2, -0.15) is 0 Å². The predicted molar refractivity (Wildman–Crippen MR) is 221 cm³/mol. The van der Waals surface area contributed by atoms with Crippen LogP contribution in [0, 0.1) is 0 Å². The van der Waals surface area contributed by atoms with Gasteiger partial charge in [0.25, 0.3) is 0 Å². The van der Waals surface area contributed by atoms with E-state index in [2.05, 4.69) is 185 Å². The minimum atomic E-state index is 0.894. The third kappa shape index (κ3) is 4.05. The van der Waals surface area contributed by atoms with Gasteiger partial charge >= 0.3 is 0 Å². The predicted octanol–water partition coefficient (Wildman–Crippen LogP) is 13.6. The Morgan fingerprint density at radius 3 is 1.96 bits per heavy atom. The summed E-state index contributed by atoms with van der Waals surface area (Å²) in [5.74, 6) is 1.79. The van der Waals surface area contributed by atoms with E-state index in [-0.39, 0.29) is 0 Å². The third-order valence-corrected chi connectivity index (χ3v) is 11.3. The van der Waals surface area contributed by atoms with E-state index in [1.54, 1.807) is 0 Å². The molecule has 0 spiro atoms. The molecule has 246 valence electrons. The van der Waals surface area contributed by atoms with E-state index in [0.717, 1.165) is 39.3 Å². The van der Waals surface area contributed by atoms with Crippen molar-refractivity contribution in [2.45, 2.75) is 0 Å². The second kappa shape index (κ2) is 10.7. The number of para-hydroxylation sites is 3. The van der Waals surface area contributed by atoms with Crippen molar-refractivity contribution in [2.24, 2.45) is 0 Å². The molecule has 0 amide bonds. The van der Waals surface area contributed by atoms with Crippen molar-refractivity contribution in [1.29, 1.82) is 0 Å². The SMILES string of the molecule is c1ccc(-n2c3ccccc3c3ccc(-c4ccc5c(c4)c4c6cccc7c6c(cc4n5-c4ccc5ccccc5c4)Oc4ccccc4-7)cc32)cc1. The number of aromatic nitrogens is 2. The van der Waals surface area contributed by atoms with E-state index in [0.29, 0.717) is 0 Å². The van der Waals surface area contributed by atoms with Crippen molar-refractivity contribution in [2.75, 3.05) is 0 Å². The fraction of sp³-hybridized carbons (Fsp3) is 0. The fourth-order valence-corrected chi connectivity index (χ4v) is 8.93. The summed E-state index contributed by atoms with van der Waals surface area (Å²) in [4.78, 5) is 0. The highest BCUT2D eigenvalue weighted by Crippen LogP contribution is 2.51. The van der Waals surface area contributed by atoms with Crippen LogP contribution in [-0.4, -0.2) is 9.13 Å². The van der Waals surface area contributed by atoms with Crippen LogP contribution in [0.1, 0.15) is 0 Å². The first-order valence-electron chi connectivity index (χ1n) is 18.2. The number of hydrogen-bond donors (Lipinski definition) is 0. The van der Waals surface area contributed by atoms with Crippen LogP contribution < -0.4 is 4.74 Å². The molecule has 12 rings (SSSR count). The molecule has 0 atom stereocenters. The zero-order valence-electron chi connectivity index (χ0n) is 28.6. The Labute approximate surface area is 305 Å². The Kier molecular flexibility index (Phi) is 5.77. The number of hydrogen-bond acceptors (Lipinski definition) is 1. The van der Waals surface area contributed by atoms with Gasteiger partial charge in [-0.15, -0.1) is 0 Å². The van der Waals surface area contributed by atoms with Gasteiger partial charge in [-0.1, -0.05) is 121 Å². The van der Waals surface area contributed by atoms with Crippen LogP contribution >= 0.6 is 0 Å². The van der Waals surface area contributed by atoms with Gasteiger partial charge in [0, 0.05) is 49.9 Å². The van der Waals surface area contributed by atoms with Crippen LogP contribution in [0.4, 0.5) is 0 Å². The maximum absolute atomic E-state index is 6.71. The number of fused-ring (bicyclic) bond motifs is 10. The lowest BCUT2D eigenvalue weighted by molar-refractivity contribution is 0.487. The summed E-state index contributed by atoms with van der Waals surface area (Å²) in [6, 6.07) is 66.0. The van der Waals surface area contributed by atoms with Gasteiger partial charge in [0.05, 0.1) is 22.1 Å². The first kappa shape index (κ1) is 28.6. The van der Waals surface area contributed by atoms with Crippen molar-refractivity contribution >= 4 is 65.2 Å². The lowest BCUT2D eigenvalue weighted by Crippen LogP contribution is -1.98. The van der Waals surface area contributed by atoms with E-state index >= 15 is 0 Å². The van der Waals surface area contributed by atoms with Gasteiger partial charge in [0.2, 0.25) is 0 Å². The Hall–Kier alpha value is -7.10. The van der Waals surface area contributed by atoms with Crippen LogP contribution in [0.3, 0.4) is 0 Å². The standard InChI is InChI=1S/C50H30N2O/c1-2-13-35(14-3-1)51-43-19-8-6-15-37(43)38-25-22-34(29-45(38)51)33-23-26-44-42(28-33)49-41-18-10-17-40-39-16-7-9-20-47(39)53-48(50(40)41)30-46(49)52(44)36-24-21-31-11-4-5-12-32(31)27-36/h1-30H. The topological polar surface area (TPSA) is 19.1 Å². The van der Waals surface area contributed by atoms with Gasteiger partial charge in [0.1, 0.15) is 11.5 Å². The second-order valence-electron chi connectivity index (χ2n) is 14.1. The number of ether oxygens (including phenoxy) is 1. The number of nitrogens with zero attached hydrogens (tertiary/aromatic N) is 2. The molecule has 2 aromatic heterocycles. The summed E-state index contributed by atoms with van der Waals surface area (Å²) in [5.41, 5.74) is 11.7. The van der Waals surface area contributed by atoms with Gasteiger partial charge in [-0.25, -0.2) is 0 Å². The van der Waals surface area contributed by atoms with Crippen LogP contribution in [0.15, 0.2) is 182 Å². The smallest absolute Gasteiger partial charge is 0.138 e. The molecule has 0 saturated carbocycles. The quantitative estimate of drug-likeness (QED) is 0.183. The highest BCUT2D eigenvalue weighted by molar-refractivity contribution is 6.26. The molecule has 3 nitrogen and oxygen atoms in total. The molecule has 0 saturated heterocycles. The summed E-state index contributed by atoms with van der Waals surface area (Å²) in [6.07, 6.45) is 0. The van der Waals surface area contributed by atoms with Gasteiger partial charge in [-0.05, 0) is 87.4 Å². The first-order chi connectivity index (χ1) is 26.3. The molecule has 0 unspecified atom stereocenters. The lowest BCUT2D eigenvalue weighted by Gasteiger charge is -2.22. The minimum Gasteiger partial charge on any atom is -0.456 e. The molecule has 3 heteroatoms. The molecular formula is C50H30N2O. The molecule has 0 radical (unpaired) electrons. The van der Waals surface area contributed by atoms with Crippen molar-refractivity contribution in [3.8, 4) is 45.1 Å². The summed E-state index contributed by atoms with van der Waals surface area (Å²) in [7, 11) is 0. The zero-order valence-corrected chi connectivity index (χ0v) is 28.6. The Morgan fingerprint density at radius 1 is 0.321 bits per heavy atom. The Morgan fingerprint density at radius 2 is 1.02 bits per heavy atom. The second-order valence-corrected chi connectivity index (χ2v) is 14.1. The molecular weight excluding hydrogens is 645 g/mol. The van der Waals surface area contributed by atoms with E-state index in [1.165, 1.54) is 70.9 Å². The van der Waals surface area contributed by atoms with E-state index < -0.39 is 0 Å². The normalized spacial score (nSPS) is 12.3. The molecule has 9 aromatic carbocycles.